The van der Waals surface area contributed by atoms with E-state index in [1.807, 2.05) is 61.5 Å². The van der Waals surface area contributed by atoms with Crippen molar-refractivity contribution in [3.63, 3.8) is 0 Å². The van der Waals surface area contributed by atoms with Crippen LogP contribution in [0, 0.1) is 11.3 Å². The van der Waals surface area contributed by atoms with Crippen molar-refractivity contribution in [1.29, 1.82) is 5.26 Å². The fourth-order valence-electron chi connectivity index (χ4n) is 2.62. The number of benzene rings is 2. The highest BCUT2D eigenvalue weighted by Crippen LogP contribution is 2.22. The van der Waals surface area contributed by atoms with E-state index in [0.29, 0.717) is 12.2 Å². The van der Waals surface area contributed by atoms with Gasteiger partial charge in [0.15, 0.2) is 0 Å². The summed E-state index contributed by atoms with van der Waals surface area (Å²) >= 11 is 0. The monoisotopic (exact) mass is 349 g/mol. The van der Waals surface area contributed by atoms with Crippen LogP contribution in [0.1, 0.15) is 50.7 Å². The molecule has 136 valence electrons. The maximum atomic E-state index is 9.48. The molecule has 0 aliphatic rings. The second-order valence-corrected chi connectivity index (χ2v) is 6.11. The fraction of sp³-hybridized carbons (Fsp3) is 0.348. The summed E-state index contributed by atoms with van der Waals surface area (Å²) in [5, 5.41) is 9.48. The van der Waals surface area contributed by atoms with Crippen LogP contribution in [0.5, 0.6) is 11.5 Å². The maximum absolute atomic E-state index is 9.48. The molecular formula is C23H27NO2. The molecule has 2 rings (SSSR count). The number of hydrogen-bond acceptors (Lipinski definition) is 3. The highest BCUT2D eigenvalue weighted by Gasteiger charge is 2.02. The Morgan fingerprint density at radius 3 is 2.15 bits per heavy atom. The highest BCUT2D eigenvalue weighted by atomic mass is 16.5. The molecule has 2 aromatic carbocycles. The number of hydrogen-bond donors (Lipinski definition) is 0. The van der Waals surface area contributed by atoms with Crippen molar-refractivity contribution in [3.05, 3.63) is 59.7 Å². The Kier molecular flexibility index (Phi) is 8.29. The van der Waals surface area contributed by atoms with Crippen molar-refractivity contribution in [2.45, 2.75) is 39.5 Å². The molecule has 0 bridgehead atoms. The second kappa shape index (κ2) is 11.0. The van der Waals surface area contributed by atoms with Gasteiger partial charge in [-0.05, 0) is 66.9 Å². The Balaban J connectivity index is 1.99. The first-order chi connectivity index (χ1) is 12.8. The number of unbranched alkanes of at least 4 members (excludes halogenated alkanes) is 3. The number of ether oxygens (including phenoxy) is 2. The smallest absolute Gasteiger partial charge is 0.119 e. The zero-order valence-electron chi connectivity index (χ0n) is 15.7. The van der Waals surface area contributed by atoms with E-state index in [1.54, 1.807) is 0 Å². The summed E-state index contributed by atoms with van der Waals surface area (Å²) < 4.78 is 11.2. The molecule has 0 spiro atoms. The zero-order chi connectivity index (χ0) is 18.6. The molecule has 0 unspecified atom stereocenters. The van der Waals surface area contributed by atoms with Gasteiger partial charge in [0, 0.05) is 0 Å². The Labute approximate surface area is 156 Å². The third kappa shape index (κ3) is 6.29. The van der Waals surface area contributed by atoms with E-state index in [-0.39, 0.29) is 0 Å². The third-order valence-corrected chi connectivity index (χ3v) is 4.05. The zero-order valence-corrected chi connectivity index (χ0v) is 15.7. The average Bonchev–Trinajstić information content (AvgIpc) is 2.68. The average molecular weight is 349 g/mol. The van der Waals surface area contributed by atoms with Gasteiger partial charge in [0.2, 0.25) is 0 Å². The van der Waals surface area contributed by atoms with Gasteiger partial charge in [0.25, 0.3) is 0 Å². The summed E-state index contributed by atoms with van der Waals surface area (Å²) in [6.07, 6.45) is 6.68. The van der Waals surface area contributed by atoms with Gasteiger partial charge in [-0.3, -0.25) is 0 Å². The summed E-state index contributed by atoms with van der Waals surface area (Å²) in [7, 11) is 0. The highest BCUT2D eigenvalue weighted by molar-refractivity contribution is 5.89. The van der Waals surface area contributed by atoms with Crippen molar-refractivity contribution in [3.8, 4) is 17.6 Å². The molecule has 0 atom stereocenters. The van der Waals surface area contributed by atoms with Crippen molar-refractivity contribution < 1.29 is 9.47 Å². The van der Waals surface area contributed by atoms with E-state index in [4.69, 9.17) is 9.47 Å². The molecule has 0 radical (unpaired) electrons. The second-order valence-electron chi connectivity index (χ2n) is 6.11. The van der Waals surface area contributed by atoms with Crippen LogP contribution < -0.4 is 9.47 Å². The predicted octanol–water partition coefficient (Wildman–Crippen LogP) is 6.11. The molecule has 26 heavy (non-hydrogen) atoms. The number of rotatable bonds is 10. The van der Waals surface area contributed by atoms with E-state index < -0.39 is 0 Å². The molecule has 0 saturated carbocycles. The van der Waals surface area contributed by atoms with E-state index >= 15 is 0 Å². The summed E-state index contributed by atoms with van der Waals surface area (Å²) in [5.41, 5.74) is 2.49. The molecule has 3 nitrogen and oxygen atoms in total. The molecule has 0 aliphatic carbocycles. The van der Waals surface area contributed by atoms with Gasteiger partial charge in [-0.25, -0.2) is 0 Å². The molecular weight excluding hydrogens is 322 g/mol. The Hall–Kier alpha value is -2.73. The first-order valence-corrected chi connectivity index (χ1v) is 9.34. The van der Waals surface area contributed by atoms with Crippen LogP contribution in [0.25, 0.3) is 11.6 Å². The van der Waals surface area contributed by atoms with Crippen LogP contribution in [0.2, 0.25) is 0 Å². The molecule has 0 aromatic heterocycles. The fourth-order valence-corrected chi connectivity index (χ4v) is 2.62. The number of nitrogens with zero attached hydrogens (tertiary/aromatic N) is 1. The lowest BCUT2D eigenvalue weighted by atomic mass is 10.0. The lowest BCUT2D eigenvalue weighted by Crippen LogP contribution is -1.96. The molecule has 0 saturated heterocycles. The summed E-state index contributed by atoms with van der Waals surface area (Å²) in [5.74, 6) is 1.69. The molecule has 0 fully saturated rings. The molecule has 0 amide bonds. The standard InChI is InChI=1S/C23H27NO2/c1-3-5-6-7-16-26-23-12-8-19(9-13-23)17-21(18-24)20-10-14-22(15-11-20)25-4-2/h8-15,17H,3-7,16H2,1-2H3. The largest absolute Gasteiger partial charge is 0.494 e. The quantitative estimate of drug-likeness (QED) is 0.295. The minimum Gasteiger partial charge on any atom is -0.494 e. The molecule has 0 aliphatic heterocycles. The normalized spacial score (nSPS) is 11.0. The SMILES string of the molecule is CCCCCCOc1ccc(C=C(C#N)c2ccc(OCC)cc2)cc1. The summed E-state index contributed by atoms with van der Waals surface area (Å²) in [6.45, 7) is 5.54. The van der Waals surface area contributed by atoms with Crippen molar-refractivity contribution in [1.82, 2.24) is 0 Å². The summed E-state index contributed by atoms with van der Waals surface area (Å²) in [4.78, 5) is 0. The van der Waals surface area contributed by atoms with Crippen molar-refractivity contribution in [2.75, 3.05) is 13.2 Å². The molecule has 2 aromatic rings. The number of nitriles is 1. The minimum atomic E-state index is 0.626. The van der Waals surface area contributed by atoms with E-state index in [2.05, 4.69) is 13.0 Å². The van der Waals surface area contributed by atoms with Gasteiger partial charge in [0.05, 0.1) is 24.9 Å². The van der Waals surface area contributed by atoms with E-state index in [9.17, 15) is 5.26 Å². The van der Waals surface area contributed by atoms with Crippen LogP contribution in [-0.4, -0.2) is 13.2 Å². The maximum Gasteiger partial charge on any atom is 0.119 e. The van der Waals surface area contributed by atoms with Crippen molar-refractivity contribution >= 4 is 11.6 Å². The van der Waals surface area contributed by atoms with Crippen molar-refractivity contribution in [2.24, 2.45) is 0 Å². The van der Waals surface area contributed by atoms with Gasteiger partial charge in [-0.1, -0.05) is 38.3 Å². The van der Waals surface area contributed by atoms with E-state index in [0.717, 1.165) is 35.7 Å². The third-order valence-electron chi connectivity index (χ3n) is 4.05. The predicted molar refractivity (Wildman–Crippen MR) is 107 cm³/mol. The Bertz CT molecular complexity index is 724. The number of allylic oxidation sites excluding steroid dienone is 1. The van der Waals surface area contributed by atoms with Crippen LogP contribution in [0.4, 0.5) is 0 Å². The van der Waals surface area contributed by atoms with Gasteiger partial charge in [0.1, 0.15) is 11.5 Å². The van der Waals surface area contributed by atoms with Crippen LogP contribution >= 0.6 is 0 Å². The summed E-state index contributed by atoms with van der Waals surface area (Å²) in [6, 6.07) is 17.7. The lowest BCUT2D eigenvalue weighted by molar-refractivity contribution is 0.305. The van der Waals surface area contributed by atoms with Gasteiger partial charge < -0.3 is 9.47 Å². The topological polar surface area (TPSA) is 42.2 Å². The molecule has 0 heterocycles. The van der Waals surface area contributed by atoms with Gasteiger partial charge in [-0.2, -0.15) is 5.26 Å². The Morgan fingerprint density at radius 2 is 1.54 bits per heavy atom. The minimum absolute atomic E-state index is 0.626. The first-order valence-electron chi connectivity index (χ1n) is 9.34. The van der Waals surface area contributed by atoms with Crippen LogP contribution in [-0.2, 0) is 0 Å². The first kappa shape index (κ1) is 19.6. The molecule has 0 N–H and O–H groups in total. The molecule has 3 heteroatoms. The van der Waals surface area contributed by atoms with Gasteiger partial charge in [-0.15, -0.1) is 0 Å². The van der Waals surface area contributed by atoms with Crippen LogP contribution in [0.3, 0.4) is 0 Å². The van der Waals surface area contributed by atoms with Crippen LogP contribution in [0.15, 0.2) is 48.5 Å². The van der Waals surface area contributed by atoms with Gasteiger partial charge >= 0.3 is 0 Å². The Morgan fingerprint density at radius 1 is 0.885 bits per heavy atom. The lowest BCUT2D eigenvalue weighted by Gasteiger charge is -2.07. The van der Waals surface area contributed by atoms with E-state index in [1.165, 1.54) is 19.3 Å².